The highest BCUT2D eigenvalue weighted by molar-refractivity contribution is 5.98. The molecule has 30 heavy (non-hydrogen) atoms. The van der Waals surface area contributed by atoms with Gasteiger partial charge in [-0.3, -0.25) is 4.79 Å². The molecule has 0 aromatic heterocycles. The predicted molar refractivity (Wildman–Crippen MR) is 114 cm³/mol. The van der Waals surface area contributed by atoms with E-state index in [0.29, 0.717) is 0 Å². The highest BCUT2D eigenvalue weighted by Gasteiger charge is 2.44. The zero-order valence-corrected chi connectivity index (χ0v) is 16.4. The molecule has 0 bridgehead atoms. The van der Waals surface area contributed by atoms with E-state index in [4.69, 9.17) is 5.26 Å². The fourth-order valence-electron chi connectivity index (χ4n) is 3.69. The van der Waals surface area contributed by atoms with E-state index in [1.165, 1.54) is 0 Å². The number of nitrogens with zero attached hydrogens (tertiary/aromatic N) is 1. The zero-order chi connectivity index (χ0) is 21.4. The summed E-state index contributed by atoms with van der Waals surface area (Å²) in [4.78, 5) is 25.6. The summed E-state index contributed by atoms with van der Waals surface area (Å²) in [6, 6.07) is 28.7. The Labute approximate surface area is 175 Å². The van der Waals surface area contributed by atoms with Gasteiger partial charge in [0.25, 0.3) is 0 Å². The van der Waals surface area contributed by atoms with Gasteiger partial charge < -0.3 is 10.4 Å². The van der Waals surface area contributed by atoms with E-state index >= 15 is 0 Å². The van der Waals surface area contributed by atoms with Crippen molar-refractivity contribution in [1.29, 1.82) is 5.26 Å². The molecule has 2 N–H and O–H groups in total. The lowest BCUT2D eigenvalue weighted by molar-refractivity contribution is -0.142. The van der Waals surface area contributed by atoms with Crippen LogP contribution in [-0.4, -0.2) is 23.0 Å². The minimum atomic E-state index is -1.25. The molecule has 5 heteroatoms. The third kappa shape index (κ3) is 4.08. The number of aliphatic carboxylic acids is 1. The van der Waals surface area contributed by atoms with Crippen LogP contribution in [0.15, 0.2) is 91.0 Å². The summed E-state index contributed by atoms with van der Waals surface area (Å²) in [5, 5.41) is 21.2. The van der Waals surface area contributed by atoms with Gasteiger partial charge in [-0.2, -0.15) is 5.26 Å². The molecule has 0 saturated carbocycles. The molecule has 0 fully saturated rings. The van der Waals surface area contributed by atoms with Crippen molar-refractivity contribution in [2.75, 3.05) is 0 Å². The number of hydrogen-bond acceptors (Lipinski definition) is 3. The Bertz CT molecular complexity index is 932. The van der Waals surface area contributed by atoms with Crippen molar-refractivity contribution in [1.82, 2.24) is 5.32 Å². The van der Waals surface area contributed by atoms with Crippen LogP contribution < -0.4 is 5.32 Å². The van der Waals surface area contributed by atoms with Gasteiger partial charge in [-0.05, 0) is 23.1 Å². The van der Waals surface area contributed by atoms with Crippen LogP contribution in [0.25, 0.3) is 0 Å². The molecule has 0 aliphatic carbocycles. The van der Waals surface area contributed by atoms with E-state index in [1.54, 1.807) is 0 Å². The molecule has 1 amide bonds. The van der Waals surface area contributed by atoms with Gasteiger partial charge in [0.15, 0.2) is 0 Å². The average molecular weight is 398 g/mol. The maximum Gasteiger partial charge on any atom is 0.326 e. The van der Waals surface area contributed by atoms with Crippen molar-refractivity contribution in [2.24, 2.45) is 0 Å². The number of hydrogen-bond donors (Lipinski definition) is 2. The number of benzene rings is 3. The third-order valence-corrected chi connectivity index (χ3v) is 5.11. The number of rotatable bonds is 8. The van der Waals surface area contributed by atoms with Crippen LogP contribution in [0.4, 0.5) is 0 Å². The average Bonchev–Trinajstić information content (AvgIpc) is 2.79. The highest BCUT2D eigenvalue weighted by Crippen LogP contribution is 2.39. The zero-order valence-electron chi connectivity index (χ0n) is 16.4. The van der Waals surface area contributed by atoms with Gasteiger partial charge in [0.05, 0.1) is 6.07 Å². The largest absolute Gasteiger partial charge is 0.480 e. The minimum Gasteiger partial charge on any atom is -0.480 e. The first kappa shape index (κ1) is 20.8. The Hall–Kier alpha value is -3.91. The van der Waals surface area contributed by atoms with Gasteiger partial charge in [-0.25, -0.2) is 4.79 Å². The van der Waals surface area contributed by atoms with Gasteiger partial charge in [0, 0.05) is 6.42 Å². The summed E-state index contributed by atoms with van der Waals surface area (Å²) in [6.45, 7) is 0. The Balaban J connectivity index is 2.22. The predicted octanol–water partition coefficient (Wildman–Crippen LogP) is 3.89. The monoisotopic (exact) mass is 398 g/mol. The van der Waals surface area contributed by atoms with Crippen LogP contribution in [-0.2, 0) is 15.0 Å². The van der Waals surface area contributed by atoms with Crippen LogP contribution in [0.1, 0.15) is 29.5 Å². The van der Waals surface area contributed by atoms with Gasteiger partial charge in [-0.15, -0.1) is 0 Å². The van der Waals surface area contributed by atoms with Crippen molar-refractivity contribution in [3.8, 4) is 6.07 Å². The molecule has 0 saturated heterocycles. The Morgan fingerprint density at radius 2 is 1.23 bits per heavy atom. The third-order valence-electron chi connectivity index (χ3n) is 5.11. The van der Waals surface area contributed by atoms with Crippen molar-refractivity contribution in [2.45, 2.75) is 24.3 Å². The fourth-order valence-corrected chi connectivity index (χ4v) is 3.69. The summed E-state index contributed by atoms with van der Waals surface area (Å²) >= 11 is 0. The first-order valence-electron chi connectivity index (χ1n) is 9.68. The minimum absolute atomic E-state index is 0.0338. The normalized spacial score (nSPS) is 11.8. The van der Waals surface area contributed by atoms with Crippen LogP contribution in [0.5, 0.6) is 0 Å². The van der Waals surface area contributed by atoms with Gasteiger partial charge in [0.2, 0.25) is 5.91 Å². The lowest BCUT2D eigenvalue weighted by atomic mass is 9.68. The second kappa shape index (κ2) is 9.53. The van der Waals surface area contributed by atoms with Crippen LogP contribution in [0.3, 0.4) is 0 Å². The molecule has 0 aliphatic heterocycles. The SMILES string of the molecule is N#CCC[C@@H](NC(=O)C(c1ccccc1)(c1ccccc1)c1ccccc1)C(=O)O. The van der Waals surface area contributed by atoms with Crippen LogP contribution >= 0.6 is 0 Å². The first-order valence-corrected chi connectivity index (χ1v) is 9.68. The van der Waals surface area contributed by atoms with E-state index in [9.17, 15) is 14.7 Å². The number of carboxylic acid groups (broad SMARTS) is 1. The molecule has 150 valence electrons. The molecule has 3 rings (SSSR count). The summed E-state index contributed by atoms with van der Waals surface area (Å²) < 4.78 is 0. The first-order chi connectivity index (χ1) is 14.6. The van der Waals surface area contributed by atoms with E-state index in [1.807, 2.05) is 97.1 Å². The molecule has 1 atom stereocenters. The van der Waals surface area contributed by atoms with E-state index < -0.39 is 23.3 Å². The van der Waals surface area contributed by atoms with Crippen molar-refractivity contribution < 1.29 is 14.7 Å². The van der Waals surface area contributed by atoms with E-state index in [0.717, 1.165) is 16.7 Å². The lowest BCUT2D eigenvalue weighted by Crippen LogP contribution is -2.51. The van der Waals surface area contributed by atoms with Gasteiger partial charge in [0.1, 0.15) is 11.5 Å². The Morgan fingerprint density at radius 1 is 0.833 bits per heavy atom. The fraction of sp³-hybridized carbons (Fsp3) is 0.160. The summed E-state index contributed by atoms with van der Waals surface area (Å²) in [5.74, 6) is -1.61. The molecular formula is C25H22N2O3. The van der Waals surface area contributed by atoms with Crippen molar-refractivity contribution in [3.63, 3.8) is 0 Å². The van der Waals surface area contributed by atoms with Crippen LogP contribution in [0.2, 0.25) is 0 Å². The number of nitriles is 1. The smallest absolute Gasteiger partial charge is 0.326 e. The highest BCUT2D eigenvalue weighted by atomic mass is 16.4. The van der Waals surface area contributed by atoms with E-state index in [-0.39, 0.29) is 12.8 Å². The number of nitrogens with one attached hydrogen (secondary N) is 1. The number of amides is 1. The van der Waals surface area contributed by atoms with Crippen molar-refractivity contribution >= 4 is 11.9 Å². The molecule has 3 aromatic carbocycles. The maximum absolute atomic E-state index is 13.9. The Morgan fingerprint density at radius 3 is 1.57 bits per heavy atom. The standard InChI is InChI=1S/C25H22N2O3/c26-18-10-17-22(23(28)29)27-24(30)25(19-11-4-1-5-12-19,20-13-6-2-7-14-20)21-15-8-3-9-16-21/h1-9,11-16,22H,10,17H2,(H,27,30)(H,28,29)/t22-/m1/s1. The van der Waals surface area contributed by atoms with Crippen LogP contribution in [0, 0.1) is 11.3 Å². The summed E-state index contributed by atoms with van der Waals surface area (Å²) in [5.41, 5.74) is 0.933. The van der Waals surface area contributed by atoms with Gasteiger partial charge >= 0.3 is 5.97 Å². The molecule has 3 aromatic rings. The van der Waals surface area contributed by atoms with Gasteiger partial charge in [-0.1, -0.05) is 91.0 Å². The molecule has 5 nitrogen and oxygen atoms in total. The Kier molecular flexibility index (Phi) is 6.61. The summed E-state index contributed by atoms with van der Waals surface area (Å²) in [6.07, 6.45) is 0.0677. The second-order valence-electron chi connectivity index (χ2n) is 6.91. The van der Waals surface area contributed by atoms with E-state index in [2.05, 4.69) is 5.32 Å². The van der Waals surface area contributed by atoms with Crippen molar-refractivity contribution in [3.05, 3.63) is 108 Å². The number of carbonyl (C=O) groups excluding carboxylic acids is 1. The maximum atomic E-state index is 13.9. The molecular weight excluding hydrogens is 376 g/mol. The molecule has 0 aliphatic rings. The quantitative estimate of drug-likeness (QED) is 0.563. The second-order valence-corrected chi connectivity index (χ2v) is 6.91. The molecule has 0 spiro atoms. The molecule has 0 radical (unpaired) electrons. The number of carboxylic acids is 1. The number of carbonyl (C=O) groups is 2. The lowest BCUT2D eigenvalue weighted by Gasteiger charge is -2.35. The topological polar surface area (TPSA) is 90.2 Å². The summed E-state index contributed by atoms with van der Waals surface area (Å²) in [7, 11) is 0. The molecule has 0 unspecified atom stereocenters. The molecule has 0 heterocycles.